The fraction of sp³-hybridized carbons (Fsp3) is 0.462. The van der Waals surface area contributed by atoms with Crippen LogP contribution in [0.2, 0.25) is 5.02 Å². The molecule has 1 aromatic carbocycles. The van der Waals surface area contributed by atoms with Gasteiger partial charge < -0.3 is 26.0 Å². The number of nitrogens with zero attached hydrogens (tertiary/aromatic N) is 3. The maximum absolute atomic E-state index is 11.0. The van der Waals surface area contributed by atoms with Crippen LogP contribution in [0.25, 0.3) is 16.7 Å². The second kappa shape index (κ2) is 10.2. The number of carboxylic acid groups (broad SMARTS) is 1. The van der Waals surface area contributed by atoms with Gasteiger partial charge in [0.05, 0.1) is 22.4 Å². The van der Waals surface area contributed by atoms with Crippen LogP contribution in [-0.4, -0.2) is 54.9 Å². The van der Waals surface area contributed by atoms with Crippen molar-refractivity contribution in [3.8, 4) is 5.69 Å². The molecule has 9 heteroatoms. The number of nitrogens with one attached hydrogen (secondary N) is 3. The summed E-state index contributed by atoms with van der Waals surface area (Å²) in [5, 5.41) is 20.9. The van der Waals surface area contributed by atoms with Crippen LogP contribution in [0.5, 0.6) is 0 Å². The minimum absolute atomic E-state index is 0.242. The topological polar surface area (TPSA) is 94.5 Å². The van der Waals surface area contributed by atoms with Crippen molar-refractivity contribution < 1.29 is 9.90 Å². The standard InChI is InChI=1S/C26H35ClN6O2/c1-15-12-18(27)13-16(2)24(15)33-25-22(23(29-4)26(33)30-5)19(14-20(28-3)31-25)32-10-8-17(9-11-32)6-7-21(34)35/h12-14,17,29-30H,6-11H2,1-5H3,(H,28,31)(H,34,35). The van der Waals surface area contributed by atoms with Crippen LogP contribution in [0, 0.1) is 19.8 Å². The Balaban J connectivity index is 1.88. The third kappa shape index (κ3) is 4.72. The van der Waals surface area contributed by atoms with E-state index in [0.717, 1.165) is 88.2 Å². The van der Waals surface area contributed by atoms with E-state index in [1.807, 2.05) is 33.3 Å². The number of carbonyl (C=O) groups is 1. The van der Waals surface area contributed by atoms with E-state index in [9.17, 15) is 4.79 Å². The van der Waals surface area contributed by atoms with Gasteiger partial charge in [-0.05, 0) is 62.3 Å². The predicted molar refractivity (Wildman–Crippen MR) is 146 cm³/mol. The molecule has 0 saturated carbocycles. The van der Waals surface area contributed by atoms with Crippen molar-refractivity contribution in [3.05, 3.63) is 34.3 Å². The highest BCUT2D eigenvalue weighted by Crippen LogP contribution is 2.45. The number of aromatic nitrogens is 2. The van der Waals surface area contributed by atoms with Crippen LogP contribution in [0.3, 0.4) is 0 Å². The Hall–Kier alpha value is -3.13. The third-order valence-electron chi connectivity index (χ3n) is 7.05. The molecule has 1 fully saturated rings. The van der Waals surface area contributed by atoms with Crippen LogP contribution in [0.1, 0.15) is 36.8 Å². The highest BCUT2D eigenvalue weighted by atomic mass is 35.5. The first-order valence-electron chi connectivity index (χ1n) is 12.2. The van der Waals surface area contributed by atoms with Crippen LogP contribution < -0.4 is 20.9 Å². The zero-order chi connectivity index (χ0) is 25.3. The molecule has 0 radical (unpaired) electrons. The molecule has 3 aromatic rings. The van der Waals surface area contributed by atoms with Gasteiger partial charge in [0.15, 0.2) is 5.65 Å². The van der Waals surface area contributed by atoms with Crippen LogP contribution in [0.15, 0.2) is 18.2 Å². The number of piperidine rings is 1. The van der Waals surface area contributed by atoms with Crippen LogP contribution in [0.4, 0.5) is 23.0 Å². The summed E-state index contributed by atoms with van der Waals surface area (Å²) in [7, 11) is 5.76. The smallest absolute Gasteiger partial charge is 0.303 e. The largest absolute Gasteiger partial charge is 0.481 e. The van der Waals surface area contributed by atoms with Gasteiger partial charge in [0.1, 0.15) is 11.6 Å². The lowest BCUT2D eigenvalue weighted by atomic mass is 9.92. The average molecular weight is 499 g/mol. The normalized spacial score (nSPS) is 14.4. The zero-order valence-electron chi connectivity index (χ0n) is 21.1. The number of benzene rings is 1. The highest BCUT2D eigenvalue weighted by Gasteiger charge is 2.28. The van der Waals surface area contributed by atoms with Gasteiger partial charge in [0, 0.05) is 51.7 Å². The van der Waals surface area contributed by atoms with E-state index in [0.29, 0.717) is 5.92 Å². The molecular weight excluding hydrogens is 464 g/mol. The van der Waals surface area contributed by atoms with Gasteiger partial charge in [-0.15, -0.1) is 0 Å². The Bertz CT molecular complexity index is 1220. The molecule has 188 valence electrons. The molecule has 1 aliphatic heterocycles. The summed E-state index contributed by atoms with van der Waals surface area (Å²) in [6.07, 6.45) is 2.95. The van der Waals surface area contributed by atoms with Crippen molar-refractivity contribution in [1.82, 2.24) is 9.55 Å². The SMILES string of the molecule is CNc1cc(N2CCC(CCC(=O)O)CC2)c2c(NC)c(NC)n(-c3c(C)cc(Cl)cc3C)c2n1. The summed E-state index contributed by atoms with van der Waals surface area (Å²) in [4.78, 5) is 18.4. The van der Waals surface area contributed by atoms with Crippen molar-refractivity contribution in [1.29, 1.82) is 0 Å². The lowest BCUT2D eigenvalue weighted by Gasteiger charge is -2.34. The number of rotatable bonds is 8. The summed E-state index contributed by atoms with van der Waals surface area (Å²) in [6, 6.07) is 6.09. The minimum Gasteiger partial charge on any atom is -0.481 e. The molecule has 4 rings (SSSR count). The highest BCUT2D eigenvalue weighted by molar-refractivity contribution is 6.30. The first-order chi connectivity index (χ1) is 16.8. The van der Waals surface area contributed by atoms with E-state index in [-0.39, 0.29) is 6.42 Å². The number of aryl methyl sites for hydroxylation is 2. The summed E-state index contributed by atoms with van der Waals surface area (Å²) in [6.45, 7) is 5.91. The number of hydrogen-bond donors (Lipinski definition) is 4. The van der Waals surface area contributed by atoms with Crippen molar-refractivity contribution >= 4 is 51.6 Å². The molecule has 35 heavy (non-hydrogen) atoms. The van der Waals surface area contributed by atoms with Gasteiger partial charge >= 0.3 is 5.97 Å². The van der Waals surface area contributed by atoms with Crippen LogP contribution >= 0.6 is 11.6 Å². The molecule has 0 amide bonds. The summed E-state index contributed by atoms with van der Waals surface area (Å²) >= 11 is 6.36. The number of pyridine rings is 1. The average Bonchev–Trinajstić information content (AvgIpc) is 3.15. The molecule has 4 N–H and O–H groups in total. The van der Waals surface area contributed by atoms with E-state index < -0.39 is 5.97 Å². The lowest BCUT2D eigenvalue weighted by molar-refractivity contribution is -0.137. The summed E-state index contributed by atoms with van der Waals surface area (Å²) in [5.41, 5.74) is 6.19. The van der Waals surface area contributed by atoms with Gasteiger partial charge in [0.2, 0.25) is 0 Å². The van der Waals surface area contributed by atoms with E-state index in [1.165, 1.54) is 0 Å². The number of fused-ring (bicyclic) bond motifs is 1. The number of hydrogen-bond acceptors (Lipinski definition) is 6. The Morgan fingerprint density at radius 2 is 1.74 bits per heavy atom. The minimum atomic E-state index is -0.714. The van der Waals surface area contributed by atoms with Crippen molar-refractivity contribution in [3.63, 3.8) is 0 Å². The fourth-order valence-corrected chi connectivity index (χ4v) is 5.70. The number of anilines is 4. The molecule has 8 nitrogen and oxygen atoms in total. The monoisotopic (exact) mass is 498 g/mol. The second-order valence-corrected chi connectivity index (χ2v) is 9.72. The fourth-order valence-electron chi connectivity index (χ4n) is 5.38. The predicted octanol–water partition coefficient (Wildman–Crippen LogP) is 5.50. The van der Waals surface area contributed by atoms with Gasteiger partial charge in [-0.3, -0.25) is 9.36 Å². The van der Waals surface area contributed by atoms with Crippen molar-refractivity contribution in [2.45, 2.75) is 39.5 Å². The number of halogens is 1. The van der Waals surface area contributed by atoms with E-state index in [2.05, 4.69) is 45.3 Å². The van der Waals surface area contributed by atoms with Crippen molar-refractivity contribution in [2.75, 3.05) is 55.1 Å². The maximum atomic E-state index is 11.0. The van der Waals surface area contributed by atoms with Gasteiger partial charge in [-0.1, -0.05) is 11.6 Å². The first kappa shape index (κ1) is 25.0. The Morgan fingerprint density at radius 1 is 1.09 bits per heavy atom. The molecule has 1 aliphatic rings. The van der Waals surface area contributed by atoms with Crippen molar-refractivity contribution in [2.24, 2.45) is 5.92 Å². The van der Waals surface area contributed by atoms with E-state index >= 15 is 0 Å². The number of aliphatic carboxylic acids is 1. The van der Waals surface area contributed by atoms with Gasteiger partial charge in [-0.25, -0.2) is 4.98 Å². The molecule has 0 bridgehead atoms. The molecule has 0 aliphatic carbocycles. The molecule has 3 heterocycles. The molecule has 0 atom stereocenters. The Kier molecular flexibility index (Phi) is 7.31. The molecule has 2 aromatic heterocycles. The van der Waals surface area contributed by atoms with Gasteiger partial charge in [-0.2, -0.15) is 0 Å². The van der Waals surface area contributed by atoms with Crippen LogP contribution in [-0.2, 0) is 4.79 Å². The quantitative estimate of drug-likeness (QED) is 0.325. The molecular formula is C26H35ClN6O2. The van der Waals surface area contributed by atoms with Gasteiger partial charge in [0.25, 0.3) is 0 Å². The molecule has 1 saturated heterocycles. The second-order valence-electron chi connectivity index (χ2n) is 9.29. The molecule has 0 spiro atoms. The maximum Gasteiger partial charge on any atom is 0.303 e. The number of carboxylic acids is 1. The van der Waals surface area contributed by atoms with E-state index in [4.69, 9.17) is 21.7 Å². The lowest BCUT2D eigenvalue weighted by Crippen LogP contribution is -2.34. The Morgan fingerprint density at radius 3 is 2.29 bits per heavy atom. The Labute approximate surface area is 211 Å². The summed E-state index contributed by atoms with van der Waals surface area (Å²) < 4.78 is 2.19. The third-order valence-corrected chi connectivity index (χ3v) is 7.26. The molecule has 0 unspecified atom stereocenters. The first-order valence-corrected chi connectivity index (χ1v) is 12.5. The zero-order valence-corrected chi connectivity index (χ0v) is 21.9. The van der Waals surface area contributed by atoms with E-state index in [1.54, 1.807) is 0 Å². The summed E-state index contributed by atoms with van der Waals surface area (Å²) in [5.74, 6) is 1.47.